The maximum absolute atomic E-state index is 12.9. The minimum absolute atomic E-state index is 0.00857. The lowest BCUT2D eigenvalue weighted by Crippen LogP contribution is -2.36. The van der Waals surface area contributed by atoms with E-state index in [0.717, 1.165) is 16.8 Å². The zero-order valence-corrected chi connectivity index (χ0v) is 16.3. The summed E-state index contributed by atoms with van der Waals surface area (Å²) in [5, 5.41) is 5.81. The van der Waals surface area contributed by atoms with E-state index in [4.69, 9.17) is 4.74 Å². The minimum atomic E-state index is -1.01. The highest BCUT2D eigenvalue weighted by atomic mass is 16.5. The van der Waals surface area contributed by atoms with Crippen molar-refractivity contribution in [2.24, 2.45) is 5.41 Å². The van der Waals surface area contributed by atoms with Crippen molar-refractivity contribution in [2.45, 2.75) is 46.6 Å². The van der Waals surface area contributed by atoms with Crippen molar-refractivity contribution in [1.82, 2.24) is 0 Å². The summed E-state index contributed by atoms with van der Waals surface area (Å²) in [5.74, 6) is 0.0604. The molecule has 2 N–H and O–H groups in total. The van der Waals surface area contributed by atoms with Crippen molar-refractivity contribution in [3.8, 4) is 5.75 Å². The molecule has 0 aliphatic heterocycles. The molecule has 1 saturated carbocycles. The summed E-state index contributed by atoms with van der Waals surface area (Å²) in [4.78, 5) is 25.7. The average molecular weight is 366 g/mol. The van der Waals surface area contributed by atoms with Crippen molar-refractivity contribution < 1.29 is 14.3 Å². The fourth-order valence-electron chi connectivity index (χ4n) is 3.05. The maximum atomic E-state index is 12.9. The van der Waals surface area contributed by atoms with E-state index in [2.05, 4.69) is 10.6 Å². The second kappa shape index (κ2) is 7.43. The van der Waals surface area contributed by atoms with Gasteiger partial charge < -0.3 is 15.4 Å². The monoisotopic (exact) mass is 366 g/mol. The van der Waals surface area contributed by atoms with Crippen LogP contribution in [-0.4, -0.2) is 17.9 Å². The molecule has 1 aliphatic rings. The number of para-hydroxylation sites is 2. The molecule has 3 rings (SSSR count). The smallest absolute Gasteiger partial charge is 0.240 e. The molecule has 0 heterocycles. The van der Waals surface area contributed by atoms with Crippen LogP contribution in [0.4, 0.5) is 11.4 Å². The highest BCUT2D eigenvalue weighted by molar-refractivity contribution is 6.17. The number of hydrogen-bond acceptors (Lipinski definition) is 3. The maximum Gasteiger partial charge on any atom is 0.240 e. The number of hydrogen-bond donors (Lipinski definition) is 2. The Hall–Kier alpha value is -2.82. The molecular weight excluding hydrogens is 340 g/mol. The molecule has 0 atom stereocenters. The van der Waals surface area contributed by atoms with Crippen molar-refractivity contribution in [3.63, 3.8) is 0 Å². The van der Waals surface area contributed by atoms with Crippen LogP contribution in [0.5, 0.6) is 5.75 Å². The van der Waals surface area contributed by atoms with E-state index in [1.165, 1.54) is 0 Å². The Bertz CT molecular complexity index is 870. The molecule has 2 amide bonds. The van der Waals surface area contributed by atoms with Gasteiger partial charge in [0.15, 0.2) is 0 Å². The Morgan fingerprint density at radius 2 is 1.59 bits per heavy atom. The summed E-state index contributed by atoms with van der Waals surface area (Å²) in [6, 6.07) is 13.1. The van der Waals surface area contributed by atoms with Crippen LogP contribution in [0, 0.1) is 19.3 Å². The highest BCUT2D eigenvalue weighted by Crippen LogP contribution is 2.48. The predicted octanol–water partition coefficient (Wildman–Crippen LogP) is 4.45. The van der Waals surface area contributed by atoms with Crippen LogP contribution < -0.4 is 15.4 Å². The van der Waals surface area contributed by atoms with Crippen molar-refractivity contribution in [1.29, 1.82) is 0 Å². The summed E-state index contributed by atoms with van der Waals surface area (Å²) < 4.78 is 5.75. The van der Waals surface area contributed by atoms with E-state index >= 15 is 0 Å². The lowest BCUT2D eigenvalue weighted by Gasteiger charge is -2.19. The van der Waals surface area contributed by atoms with E-state index < -0.39 is 5.41 Å². The first-order chi connectivity index (χ1) is 12.8. The van der Waals surface area contributed by atoms with Crippen molar-refractivity contribution in [2.75, 3.05) is 10.6 Å². The SMILES string of the molecule is Cc1ccc(NC(=O)C2(C(=O)Nc3ccccc3OC(C)C)CC2)c(C)c1. The molecule has 27 heavy (non-hydrogen) atoms. The molecule has 2 aromatic carbocycles. The fraction of sp³-hybridized carbons (Fsp3) is 0.364. The molecule has 0 saturated heterocycles. The Morgan fingerprint density at radius 3 is 2.19 bits per heavy atom. The summed E-state index contributed by atoms with van der Waals surface area (Å²) in [6.07, 6.45) is 1.08. The molecule has 142 valence electrons. The van der Waals surface area contributed by atoms with E-state index in [1.807, 2.05) is 64.1 Å². The zero-order valence-electron chi connectivity index (χ0n) is 16.3. The molecule has 1 fully saturated rings. The quantitative estimate of drug-likeness (QED) is 0.742. The van der Waals surface area contributed by atoms with Crippen LogP contribution in [0.15, 0.2) is 42.5 Å². The van der Waals surface area contributed by atoms with E-state index in [9.17, 15) is 9.59 Å². The van der Waals surface area contributed by atoms with E-state index in [1.54, 1.807) is 6.07 Å². The van der Waals surface area contributed by atoms with Gasteiger partial charge in [0.05, 0.1) is 11.8 Å². The molecule has 1 aliphatic carbocycles. The molecule has 0 aromatic heterocycles. The fourth-order valence-corrected chi connectivity index (χ4v) is 3.05. The summed E-state index contributed by atoms with van der Waals surface area (Å²) in [5.41, 5.74) is 2.43. The molecule has 2 aromatic rings. The van der Waals surface area contributed by atoms with Gasteiger partial charge in [-0.2, -0.15) is 0 Å². The highest BCUT2D eigenvalue weighted by Gasteiger charge is 2.56. The predicted molar refractivity (Wildman–Crippen MR) is 107 cm³/mol. The molecule has 5 heteroatoms. The lowest BCUT2D eigenvalue weighted by molar-refractivity contribution is -0.131. The third kappa shape index (κ3) is 4.13. The van der Waals surface area contributed by atoms with Crippen molar-refractivity contribution in [3.05, 3.63) is 53.6 Å². The van der Waals surface area contributed by atoms with E-state index in [-0.39, 0.29) is 17.9 Å². The van der Waals surface area contributed by atoms with Gasteiger partial charge in [-0.25, -0.2) is 0 Å². The van der Waals surface area contributed by atoms with Crippen LogP contribution in [0.25, 0.3) is 0 Å². The minimum Gasteiger partial charge on any atom is -0.489 e. The second-order valence-electron chi connectivity index (χ2n) is 7.47. The number of amides is 2. The largest absolute Gasteiger partial charge is 0.489 e. The topological polar surface area (TPSA) is 67.4 Å². The Kier molecular flexibility index (Phi) is 5.22. The van der Waals surface area contributed by atoms with Gasteiger partial charge in [-0.3, -0.25) is 9.59 Å². The molecule has 0 unspecified atom stereocenters. The summed E-state index contributed by atoms with van der Waals surface area (Å²) >= 11 is 0. The number of anilines is 2. The van der Waals surface area contributed by atoms with Crippen LogP contribution in [0.1, 0.15) is 37.8 Å². The van der Waals surface area contributed by atoms with Crippen LogP contribution >= 0.6 is 0 Å². The Labute approximate surface area is 160 Å². The van der Waals surface area contributed by atoms with Gasteiger partial charge >= 0.3 is 0 Å². The van der Waals surface area contributed by atoms with Crippen molar-refractivity contribution >= 4 is 23.2 Å². The van der Waals surface area contributed by atoms with Gasteiger partial charge in [0.1, 0.15) is 11.2 Å². The van der Waals surface area contributed by atoms with Gasteiger partial charge in [-0.1, -0.05) is 29.8 Å². The third-order valence-electron chi connectivity index (χ3n) is 4.75. The molecule has 0 spiro atoms. The summed E-state index contributed by atoms with van der Waals surface area (Å²) in [7, 11) is 0. The normalized spacial score (nSPS) is 14.6. The average Bonchev–Trinajstić information content (AvgIpc) is 3.40. The van der Waals surface area contributed by atoms with Gasteiger partial charge in [-0.05, 0) is 64.3 Å². The number of nitrogens with one attached hydrogen (secondary N) is 2. The number of aryl methyl sites for hydroxylation is 2. The van der Waals surface area contributed by atoms with Gasteiger partial charge in [-0.15, -0.1) is 0 Å². The van der Waals surface area contributed by atoms with E-state index in [0.29, 0.717) is 24.3 Å². The first-order valence-corrected chi connectivity index (χ1v) is 9.28. The van der Waals surface area contributed by atoms with Crippen LogP contribution in [-0.2, 0) is 9.59 Å². The number of ether oxygens (including phenoxy) is 1. The van der Waals surface area contributed by atoms with Gasteiger partial charge in [0.25, 0.3) is 0 Å². The summed E-state index contributed by atoms with van der Waals surface area (Å²) in [6.45, 7) is 7.81. The first-order valence-electron chi connectivity index (χ1n) is 9.28. The lowest BCUT2D eigenvalue weighted by atomic mass is 10.0. The van der Waals surface area contributed by atoms with Gasteiger partial charge in [0.2, 0.25) is 11.8 Å². The molecule has 0 bridgehead atoms. The molecular formula is C22H26N2O3. The molecule has 0 radical (unpaired) electrons. The Balaban J connectivity index is 1.74. The number of benzene rings is 2. The second-order valence-corrected chi connectivity index (χ2v) is 7.47. The standard InChI is InChI=1S/C22H26N2O3/c1-14(2)27-19-8-6-5-7-18(19)24-21(26)22(11-12-22)20(25)23-17-10-9-15(3)13-16(17)4/h5-10,13-14H,11-12H2,1-4H3,(H,23,25)(H,24,26). The number of rotatable bonds is 6. The Morgan fingerprint density at radius 1 is 0.963 bits per heavy atom. The zero-order chi connectivity index (χ0) is 19.6. The van der Waals surface area contributed by atoms with Crippen LogP contribution in [0.2, 0.25) is 0 Å². The van der Waals surface area contributed by atoms with Crippen LogP contribution in [0.3, 0.4) is 0 Å². The van der Waals surface area contributed by atoms with Gasteiger partial charge in [0, 0.05) is 5.69 Å². The number of carbonyl (C=O) groups is 2. The third-order valence-corrected chi connectivity index (χ3v) is 4.75. The molecule has 5 nitrogen and oxygen atoms in total. The number of carbonyl (C=O) groups excluding carboxylic acids is 2. The first kappa shape index (κ1) is 19.0.